The van der Waals surface area contributed by atoms with E-state index in [9.17, 15) is 36.3 Å². The number of nitrogens with zero attached hydrogens (tertiary/aromatic N) is 2. The van der Waals surface area contributed by atoms with Gasteiger partial charge >= 0.3 is 12.1 Å². The van der Waals surface area contributed by atoms with Crippen LogP contribution < -0.4 is 4.31 Å². The van der Waals surface area contributed by atoms with Crippen molar-refractivity contribution in [1.29, 1.82) is 0 Å². The Hall–Kier alpha value is -3.39. The molecule has 0 bridgehead atoms. The maximum atomic E-state index is 15.4. The monoisotopic (exact) mass is 742 g/mol. The molecule has 0 spiro atoms. The van der Waals surface area contributed by atoms with Crippen LogP contribution in [-0.2, 0) is 24.3 Å². The molecule has 3 fully saturated rings. The minimum absolute atomic E-state index is 0.207. The summed E-state index contributed by atoms with van der Waals surface area (Å²) in [6.45, 7) is -0.488. The van der Waals surface area contributed by atoms with Crippen molar-refractivity contribution in [2.24, 2.45) is 5.92 Å². The average molecular weight is 744 g/mol. The molecule has 262 valence electrons. The van der Waals surface area contributed by atoms with Crippen LogP contribution in [0.2, 0.25) is 10.0 Å². The van der Waals surface area contributed by atoms with E-state index in [-0.39, 0.29) is 16.3 Å². The number of para-hydroxylation sites is 1. The van der Waals surface area contributed by atoms with Crippen LogP contribution >= 0.6 is 23.2 Å². The van der Waals surface area contributed by atoms with Crippen molar-refractivity contribution in [3.8, 4) is 0 Å². The number of hydrogen-bond acceptors (Lipinski definition) is 5. The summed E-state index contributed by atoms with van der Waals surface area (Å²) in [5.74, 6) is -4.22. The second-order valence-corrected chi connectivity index (χ2v) is 15.8. The van der Waals surface area contributed by atoms with E-state index < -0.39 is 88.2 Å². The average Bonchev–Trinajstić information content (AvgIpc) is 3.93. The summed E-state index contributed by atoms with van der Waals surface area (Å²) < 4.78 is 93.5. The van der Waals surface area contributed by atoms with E-state index in [4.69, 9.17) is 27.9 Å². The van der Waals surface area contributed by atoms with Gasteiger partial charge in [-0.25, -0.2) is 12.8 Å². The number of sulfonamides is 1. The zero-order valence-corrected chi connectivity index (χ0v) is 28.2. The molecule has 3 aliphatic rings. The number of carboxylic acids is 1. The van der Waals surface area contributed by atoms with E-state index in [2.05, 4.69) is 0 Å². The highest BCUT2D eigenvalue weighted by Crippen LogP contribution is 2.53. The lowest BCUT2D eigenvalue weighted by molar-refractivity contribution is -0.242. The van der Waals surface area contributed by atoms with Gasteiger partial charge in [0.2, 0.25) is 10.0 Å². The maximum absolute atomic E-state index is 15.4. The Kier molecular flexibility index (Phi) is 9.68. The summed E-state index contributed by atoms with van der Waals surface area (Å²) in [5.41, 5.74) is -2.56. The van der Waals surface area contributed by atoms with Gasteiger partial charge in [0.15, 0.2) is 5.60 Å². The van der Waals surface area contributed by atoms with Gasteiger partial charge in [-0.1, -0.05) is 59.6 Å². The molecule has 49 heavy (non-hydrogen) atoms. The molecule has 8 nitrogen and oxygen atoms in total. The smallest absolute Gasteiger partial charge is 0.392 e. The van der Waals surface area contributed by atoms with Crippen LogP contribution in [0.5, 0.6) is 0 Å². The zero-order chi connectivity index (χ0) is 35.3. The molecule has 4 atom stereocenters. The Balaban J connectivity index is 1.58. The van der Waals surface area contributed by atoms with E-state index in [0.29, 0.717) is 36.3 Å². The van der Waals surface area contributed by atoms with Crippen LogP contribution in [0, 0.1) is 11.7 Å². The predicted octanol–water partition coefficient (Wildman–Crippen LogP) is 7.72. The van der Waals surface area contributed by atoms with Crippen LogP contribution in [0.3, 0.4) is 0 Å². The normalized spacial score (nSPS) is 23.7. The van der Waals surface area contributed by atoms with Crippen molar-refractivity contribution in [2.75, 3.05) is 10.8 Å². The molecule has 0 aromatic heterocycles. The molecule has 1 heterocycles. The van der Waals surface area contributed by atoms with E-state index in [1.807, 2.05) is 0 Å². The first-order chi connectivity index (χ1) is 23.1. The number of carbonyl (C=O) groups is 2. The van der Waals surface area contributed by atoms with E-state index in [0.717, 1.165) is 10.4 Å². The van der Waals surface area contributed by atoms with Crippen molar-refractivity contribution < 1.29 is 45.4 Å². The highest BCUT2D eigenvalue weighted by Gasteiger charge is 2.61. The van der Waals surface area contributed by atoms with Gasteiger partial charge in [0.1, 0.15) is 11.9 Å². The lowest BCUT2D eigenvalue weighted by Crippen LogP contribution is -2.65. The fourth-order valence-electron chi connectivity index (χ4n) is 6.67. The highest BCUT2D eigenvalue weighted by atomic mass is 35.5. The van der Waals surface area contributed by atoms with Crippen molar-refractivity contribution in [3.63, 3.8) is 0 Å². The fourth-order valence-corrected chi connectivity index (χ4v) is 8.87. The van der Waals surface area contributed by atoms with E-state index in [1.165, 1.54) is 47.4 Å². The van der Waals surface area contributed by atoms with Crippen molar-refractivity contribution in [1.82, 2.24) is 4.90 Å². The van der Waals surface area contributed by atoms with Crippen molar-refractivity contribution in [2.45, 2.75) is 73.7 Å². The largest absolute Gasteiger partial charge is 0.481 e. The number of benzene rings is 3. The lowest BCUT2D eigenvalue weighted by atomic mass is 9.83. The summed E-state index contributed by atoms with van der Waals surface area (Å²) >= 11 is 12.5. The SMILES string of the molecule is O=C(O)C[C@]1(CC(F)(F)F)O[C@H](c2cccc(Cl)c2)[C@@H](c2ccc(Cl)cc2)N([C@H](CN(c2ccccc2F)S(=O)(=O)C2CC2)C2CC2)C1=O. The topological polar surface area (TPSA) is 104 Å². The minimum Gasteiger partial charge on any atom is -0.481 e. The van der Waals surface area contributed by atoms with Crippen LogP contribution in [0.15, 0.2) is 72.8 Å². The number of anilines is 1. The molecule has 1 saturated heterocycles. The number of carbonyl (C=O) groups excluding carboxylic acids is 1. The van der Waals surface area contributed by atoms with E-state index in [1.54, 1.807) is 24.3 Å². The number of rotatable bonds is 12. The zero-order valence-electron chi connectivity index (χ0n) is 25.8. The van der Waals surface area contributed by atoms with Gasteiger partial charge < -0.3 is 14.7 Å². The number of halogens is 6. The molecule has 1 amide bonds. The number of ether oxygens (including phenoxy) is 1. The van der Waals surface area contributed by atoms with Crippen molar-refractivity contribution >= 4 is 50.8 Å². The molecular formula is C34H32Cl2F4N2O6S. The lowest BCUT2D eigenvalue weighted by Gasteiger charge is -2.53. The quantitative estimate of drug-likeness (QED) is 0.191. The first-order valence-corrected chi connectivity index (χ1v) is 17.9. The highest BCUT2D eigenvalue weighted by molar-refractivity contribution is 7.93. The Bertz CT molecular complexity index is 1840. The molecule has 6 rings (SSSR count). The fraction of sp³-hybridized carbons (Fsp3) is 0.412. The number of morpholine rings is 1. The standard InChI is InChI=1S/C34H32Cl2F4N2O6S/c35-23-12-10-21(11-13-23)30-31(22-4-3-5-24(36)16-22)48-33(17-29(43)44,19-34(38,39)40)32(45)42(30)28(20-8-9-20)18-41(49(46,47)25-14-15-25)27-7-2-1-6-26(27)37/h1-7,10-13,16,20,25,28,30-31H,8-9,14-15,17-19H2,(H,43,44)/t28-,30-,31-,33-/m1/s1. The first kappa shape index (κ1) is 35.4. The number of amides is 1. The van der Waals surface area contributed by atoms with Crippen LogP contribution in [-0.4, -0.2) is 59.9 Å². The van der Waals surface area contributed by atoms with Gasteiger partial charge in [-0.2, -0.15) is 13.2 Å². The summed E-state index contributed by atoms with van der Waals surface area (Å²) in [5, 5.41) is 9.66. The first-order valence-electron chi connectivity index (χ1n) is 15.7. The van der Waals surface area contributed by atoms with Gasteiger partial charge in [0.25, 0.3) is 5.91 Å². The third-order valence-electron chi connectivity index (χ3n) is 9.13. The minimum atomic E-state index is -5.05. The Labute approximate surface area is 290 Å². The number of aliphatic carboxylic acids is 1. The molecule has 3 aromatic rings. The molecule has 2 aliphatic carbocycles. The van der Waals surface area contributed by atoms with Crippen molar-refractivity contribution in [3.05, 3.63) is 99.8 Å². The second-order valence-electron chi connectivity index (χ2n) is 12.8. The Morgan fingerprint density at radius 2 is 1.65 bits per heavy atom. The van der Waals surface area contributed by atoms with Crippen LogP contribution in [0.4, 0.5) is 23.2 Å². The Morgan fingerprint density at radius 3 is 2.22 bits per heavy atom. The van der Waals surface area contributed by atoms with Gasteiger partial charge in [-0.15, -0.1) is 0 Å². The summed E-state index contributed by atoms with van der Waals surface area (Å²) in [4.78, 5) is 28.3. The maximum Gasteiger partial charge on any atom is 0.392 e. The molecular weight excluding hydrogens is 711 g/mol. The van der Waals surface area contributed by atoms with Gasteiger partial charge in [-0.05, 0) is 79.1 Å². The Morgan fingerprint density at radius 1 is 0.980 bits per heavy atom. The summed E-state index contributed by atoms with van der Waals surface area (Å²) in [6.07, 6.45) is -8.05. The van der Waals surface area contributed by atoms with Gasteiger partial charge in [0, 0.05) is 10.0 Å². The summed E-state index contributed by atoms with van der Waals surface area (Å²) in [7, 11) is -4.18. The van der Waals surface area contributed by atoms with Crippen LogP contribution in [0.25, 0.3) is 0 Å². The molecule has 0 radical (unpaired) electrons. The second kappa shape index (κ2) is 13.4. The molecule has 3 aromatic carbocycles. The number of carboxylic acid groups (broad SMARTS) is 1. The molecule has 15 heteroatoms. The molecule has 2 saturated carbocycles. The molecule has 1 N–H and O–H groups in total. The van der Waals surface area contributed by atoms with Gasteiger partial charge in [0.05, 0.1) is 42.4 Å². The summed E-state index contributed by atoms with van der Waals surface area (Å²) in [6, 6.07) is 15.2. The third kappa shape index (κ3) is 7.54. The predicted molar refractivity (Wildman–Crippen MR) is 174 cm³/mol. The molecule has 1 aliphatic heterocycles. The van der Waals surface area contributed by atoms with Gasteiger partial charge in [-0.3, -0.25) is 13.9 Å². The number of alkyl halides is 3. The van der Waals surface area contributed by atoms with Crippen LogP contribution in [0.1, 0.15) is 61.8 Å². The molecule has 0 unspecified atom stereocenters. The third-order valence-corrected chi connectivity index (χ3v) is 11.9. The number of hydrogen-bond donors (Lipinski definition) is 1. The van der Waals surface area contributed by atoms with E-state index >= 15 is 4.39 Å².